The van der Waals surface area contributed by atoms with Crippen LogP contribution in [0.25, 0.3) is 40.3 Å². The molecule has 0 atom stereocenters. The second-order valence-electron chi connectivity index (χ2n) is 10.2. The topological polar surface area (TPSA) is 36.9 Å². The molecule has 42 heavy (non-hydrogen) atoms. The van der Waals surface area contributed by atoms with Crippen LogP contribution in [0.3, 0.4) is 0 Å². The standard InChI is InChI=1S/2C18H20O2S/c2*1-3-9-19-13-5-7-17-15(11-13)16-12-14(20-10-4-2)6-8-18(16)21-17/h2*5-8,11-12H,3-4,9-10H2,1-2H3. The monoisotopic (exact) mass is 600 g/mol. The van der Waals surface area contributed by atoms with E-state index in [0.29, 0.717) is 0 Å². The van der Waals surface area contributed by atoms with E-state index in [0.717, 1.165) is 75.1 Å². The van der Waals surface area contributed by atoms with Crippen LogP contribution in [-0.2, 0) is 0 Å². The average molecular weight is 601 g/mol. The summed E-state index contributed by atoms with van der Waals surface area (Å²) in [6.45, 7) is 11.5. The maximum Gasteiger partial charge on any atom is 0.120 e. The molecule has 0 bridgehead atoms. The molecule has 0 amide bonds. The Bertz CT molecular complexity index is 1500. The lowest BCUT2D eigenvalue weighted by Crippen LogP contribution is -1.94. The number of fused-ring (bicyclic) bond motifs is 6. The van der Waals surface area contributed by atoms with E-state index in [1.807, 2.05) is 22.7 Å². The molecule has 6 heteroatoms. The summed E-state index contributed by atoms with van der Waals surface area (Å²) in [7, 11) is 0. The summed E-state index contributed by atoms with van der Waals surface area (Å²) in [5, 5.41) is 5.02. The summed E-state index contributed by atoms with van der Waals surface area (Å²) in [6.07, 6.45) is 4.10. The first-order valence-electron chi connectivity index (χ1n) is 15.1. The fraction of sp³-hybridized carbons (Fsp3) is 0.333. The number of rotatable bonds is 12. The van der Waals surface area contributed by atoms with Crippen LogP contribution in [0, 0.1) is 0 Å². The lowest BCUT2D eigenvalue weighted by molar-refractivity contribution is 0.317. The lowest BCUT2D eigenvalue weighted by Gasteiger charge is -2.05. The van der Waals surface area contributed by atoms with E-state index < -0.39 is 0 Å². The Morgan fingerprint density at radius 3 is 0.833 bits per heavy atom. The van der Waals surface area contributed by atoms with Crippen LogP contribution >= 0.6 is 22.7 Å². The molecule has 0 N–H and O–H groups in total. The fourth-order valence-corrected chi connectivity index (χ4v) is 6.84. The molecule has 0 radical (unpaired) electrons. The number of hydrogen-bond acceptors (Lipinski definition) is 6. The van der Waals surface area contributed by atoms with Crippen LogP contribution in [0.4, 0.5) is 0 Å². The van der Waals surface area contributed by atoms with Crippen LogP contribution in [0.1, 0.15) is 53.4 Å². The van der Waals surface area contributed by atoms with Crippen molar-refractivity contribution in [2.24, 2.45) is 0 Å². The van der Waals surface area contributed by atoms with Gasteiger partial charge in [0.05, 0.1) is 26.4 Å². The molecular weight excluding hydrogens is 561 g/mol. The van der Waals surface area contributed by atoms with E-state index in [-0.39, 0.29) is 0 Å². The molecule has 0 spiro atoms. The van der Waals surface area contributed by atoms with E-state index in [1.54, 1.807) is 0 Å². The fourth-order valence-electron chi connectivity index (χ4n) is 4.71. The van der Waals surface area contributed by atoms with Crippen molar-refractivity contribution in [2.75, 3.05) is 26.4 Å². The zero-order valence-electron chi connectivity index (χ0n) is 25.0. The Morgan fingerprint density at radius 1 is 0.381 bits per heavy atom. The molecular formula is C36H40O4S2. The van der Waals surface area contributed by atoms with Gasteiger partial charge in [0.1, 0.15) is 23.0 Å². The molecule has 4 aromatic carbocycles. The Labute approximate surface area is 256 Å². The summed E-state index contributed by atoms with van der Waals surface area (Å²) in [4.78, 5) is 0. The van der Waals surface area contributed by atoms with Crippen molar-refractivity contribution in [2.45, 2.75) is 53.4 Å². The molecule has 0 aliphatic carbocycles. The summed E-state index contributed by atoms with van der Waals surface area (Å²) in [6, 6.07) is 25.4. The Morgan fingerprint density at radius 2 is 0.619 bits per heavy atom. The van der Waals surface area contributed by atoms with E-state index in [2.05, 4.69) is 100 Å². The molecule has 0 aliphatic rings. The SMILES string of the molecule is CCCOc1ccc2sc3ccc(OCCC)cc3c2c1.CCCOc1ccc2sc3ccc(OCCC)cc3c2c1. The summed E-state index contributed by atoms with van der Waals surface area (Å²) >= 11 is 3.63. The molecule has 4 nitrogen and oxygen atoms in total. The minimum atomic E-state index is 0.762. The predicted molar refractivity (Wildman–Crippen MR) is 182 cm³/mol. The van der Waals surface area contributed by atoms with Gasteiger partial charge in [0, 0.05) is 40.3 Å². The first kappa shape index (κ1) is 30.0. The molecule has 0 aliphatic heterocycles. The highest BCUT2D eigenvalue weighted by Gasteiger charge is 2.09. The molecule has 0 fully saturated rings. The summed E-state index contributed by atoms with van der Waals surface area (Å²) < 4.78 is 28.2. The first-order valence-corrected chi connectivity index (χ1v) is 16.7. The third-order valence-electron chi connectivity index (χ3n) is 6.72. The quantitative estimate of drug-likeness (QED) is 0.140. The van der Waals surface area contributed by atoms with Gasteiger partial charge >= 0.3 is 0 Å². The Hall–Kier alpha value is -3.48. The second-order valence-corrected chi connectivity index (χ2v) is 12.4. The molecule has 2 aromatic heterocycles. The van der Waals surface area contributed by atoms with Crippen molar-refractivity contribution in [1.29, 1.82) is 0 Å². The molecule has 0 saturated heterocycles. The maximum absolute atomic E-state index is 5.75. The van der Waals surface area contributed by atoms with Crippen LogP contribution < -0.4 is 18.9 Å². The van der Waals surface area contributed by atoms with E-state index in [9.17, 15) is 0 Å². The molecule has 6 rings (SSSR count). The Kier molecular flexibility index (Phi) is 10.4. The van der Waals surface area contributed by atoms with Crippen LogP contribution in [0.15, 0.2) is 72.8 Å². The molecule has 2 heterocycles. The minimum Gasteiger partial charge on any atom is -0.494 e. The minimum absolute atomic E-state index is 0.762. The van der Waals surface area contributed by atoms with Gasteiger partial charge in [-0.2, -0.15) is 0 Å². The smallest absolute Gasteiger partial charge is 0.120 e. The third kappa shape index (κ3) is 7.11. The number of ether oxygens (including phenoxy) is 4. The van der Waals surface area contributed by atoms with Gasteiger partial charge in [0.25, 0.3) is 0 Å². The highest BCUT2D eigenvalue weighted by Crippen LogP contribution is 2.39. The lowest BCUT2D eigenvalue weighted by atomic mass is 10.1. The maximum atomic E-state index is 5.75. The van der Waals surface area contributed by atoms with Crippen molar-refractivity contribution >= 4 is 63.0 Å². The van der Waals surface area contributed by atoms with Crippen molar-refractivity contribution < 1.29 is 18.9 Å². The highest BCUT2D eigenvalue weighted by molar-refractivity contribution is 7.26. The number of benzene rings is 4. The van der Waals surface area contributed by atoms with Gasteiger partial charge in [0.15, 0.2) is 0 Å². The van der Waals surface area contributed by atoms with Crippen LogP contribution in [0.5, 0.6) is 23.0 Å². The zero-order valence-corrected chi connectivity index (χ0v) is 26.7. The number of hydrogen-bond donors (Lipinski definition) is 0. The van der Waals surface area contributed by atoms with Gasteiger partial charge in [-0.25, -0.2) is 0 Å². The van der Waals surface area contributed by atoms with Gasteiger partial charge in [0.2, 0.25) is 0 Å². The van der Waals surface area contributed by atoms with E-state index in [4.69, 9.17) is 18.9 Å². The molecule has 6 aromatic rings. The van der Waals surface area contributed by atoms with Crippen molar-refractivity contribution in [3.05, 3.63) is 72.8 Å². The largest absolute Gasteiger partial charge is 0.494 e. The third-order valence-corrected chi connectivity index (χ3v) is 9.02. The molecule has 0 unspecified atom stereocenters. The highest BCUT2D eigenvalue weighted by atomic mass is 32.1. The zero-order chi connectivity index (χ0) is 29.3. The molecule has 220 valence electrons. The van der Waals surface area contributed by atoms with Gasteiger partial charge in [-0.15, -0.1) is 22.7 Å². The number of thiophene rings is 2. The second kappa shape index (κ2) is 14.6. The van der Waals surface area contributed by atoms with Gasteiger partial charge < -0.3 is 18.9 Å². The van der Waals surface area contributed by atoms with Crippen LogP contribution in [0.2, 0.25) is 0 Å². The normalized spacial score (nSPS) is 11.1. The Balaban J connectivity index is 0.000000168. The average Bonchev–Trinajstić information content (AvgIpc) is 3.58. The van der Waals surface area contributed by atoms with Crippen molar-refractivity contribution in [1.82, 2.24) is 0 Å². The van der Waals surface area contributed by atoms with Gasteiger partial charge in [-0.05, 0) is 98.5 Å². The summed E-state index contributed by atoms with van der Waals surface area (Å²) in [5.41, 5.74) is 0. The molecule has 0 saturated carbocycles. The first-order chi connectivity index (χ1) is 20.6. The van der Waals surface area contributed by atoms with Crippen molar-refractivity contribution in [3.63, 3.8) is 0 Å². The van der Waals surface area contributed by atoms with Crippen LogP contribution in [-0.4, -0.2) is 26.4 Å². The van der Waals surface area contributed by atoms with Crippen molar-refractivity contribution in [3.8, 4) is 23.0 Å². The predicted octanol–water partition coefficient (Wildman–Crippen LogP) is 11.3. The van der Waals surface area contributed by atoms with E-state index in [1.165, 1.54) is 40.3 Å². The van der Waals surface area contributed by atoms with Gasteiger partial charge in [-0.1, -0.05) is 27.7 Å². The van der Waals surface area contributed by atoms with Gasteiger partial charge in [-0.3, -0.25) is 0 Å². The summed E-state index contributed by atoms with van der Waals surface area (Å²) in [5.74, 6) is 3.79. The van der Waals surface area contributed by atoms with E-state index >= 15 is 0 Å².